The topological polar surface area (TPSA) is 75.4 Å². The van der Waals surface area contributed by atoms with Gasteiger partial charge >= 0.3 is 0 Å². The summed E-state index contributed by atoms with van der Waals surface area (Å²) < 4.78 is 0. The van der Waals surface area contributed by atoms with Gasteiger partial charge in [0.25, 0.3) is 0 Å². The predicted molar refractivity (Wildman–Crippen MR) is 96.1 cm³/mol. The average Bonchev–Trinajstić information content (AvgIpc) is 2.55. The maximum absolute atomic E-state index is 11.7. The lowest BCUT2D eigenvalue weighted by molar-refractivity contribution is -0.121. The SMILES string of the molecule is CCN(CC)Cc1ccc(CNC(=O)CCSCC(N)=O)cc1. The first-order valence-electron chi connectivity index (χ1n) is 7.98. The maximum Gasteiger partial charge on any atom is 0.227 e. The molecule has 0 unspecified atom stereocenters. The Kier molecular flexibility index (Phi) is 9.40. The second-order valence-electron chi connectivity index (χ2n) is 5.32. The predicted octanol–water partition coefficient (Wildman–Crippen LogP) is 1.75. The van der Waals surface area contributed by atoms with E-state index in [-0.39, 0.29) is 17.6 Å². The fourth-order valence-electron chi connectivity index (χ4n) is 2.09. The molecule has 0 bridgehead atoms. The number of primary amides is 1. The number of carbonyl (C=O) groups is 2. The molecule has 6 heteroatoms. The fraction of sp³-hybridized carbons (Fsp3) is 0.529. The maximum atomic E-state index is 11.7. The van der Waals surface area contributed by atoms with Gasteiger partial charge in [0.1, 0.15) is 0 Å². The van der Waals surface area contributed by atoms with E-state index in [0.29, 0.717) is 18.7 Å². The molecule has 0 heterocycles. The van der Waals surface area contributed by atoms with Crippen molar-refractivity contribution in [1.29, 1.82) is 0 Å². The molecule has 3 N–H and O–H groups in total. The summed E-state index contributed by atoms with van der Waals surface area (Å²) in [7, 11) is 0. The standard InChI is InChI=1S/C17H27N3O2S/c1-3-20(4-2)12-15-7-5-14(6-8-15)11-19-17(22)9-10-23-13-16(18)21/h5-8H,3-4,9-13H2,1-2H3,(H2,18,21)(H,19,22). The quantitative estimate of drug-likeness (QED) is 0.603. The summed E-state index contributed by atoms with van der Waals surface area (Å²) in [5.74, 6) is 0.521. The minimum atomic E-state index is -0.347. The van der Waals surface area contributed by atoms with Crippen molar-refractivity contribution in [1.82, 2.24) is 10.2 Å². The van der Waals surface area contributed by atoms with Crippen LogP contribution in [0.25, 0.3) is 0 Å². The Morgan fingerprint density at radius 1 is 1.13 bits per heavy atom. The van der Waals surface area contributed by atoms with Crippen molar-refractivity contribution in [3.63, 3.8) is 0 Å². The molecule has 23 heavy (non-hydrogen) atoms. The van der Waals surface area contributed by atoms with E-state index in [1.807, 2.05) is 0 Å². The van der Waals surface area contributed by atoms with E-state index in [4.69, 9.17) is 5.73 Å². The van der Waals surface area contributed by atoms with Gasteiger partial charge in [-0.1, -0.05) is 38.1 Å². The first-order chi connectivity index (χ1) is 11.0. The summed E-state index contributed by atoms with van der Waals surface area (Å²) in [6.07, 6.45) is 0.401. The molecule has 1 rings (SSSR count). The van der Waals surface area contributed by atoms with Gasteiger partial charge in [0.2, 0.25) is 11.8 Å². The van der Waals surface area contributed by atoms with Crippen LogP contribution in [-0.2, 0) is 22.7 Å². The summed E-state index contributed by atoms with van der Waals surface area (Å²) in [6.45, 7) is 7.90. The van der Waals surface area contributed by atoms with E-state index in [0.717, 1.165) is 25.2 Å². The molecule has 0 saturated carbocycles. The third kappa shape index (κ3) is 8.62. The van der Waals surface area contributed by atoms with Crippen LogP contribution in [0.1, 0.15) is 31.4 Å². The van der Waals surface area contributed by atoms with E-state index < -0.39 is 0 Å². The number of nitrogens with two attached hydrogens (primary N) is 1. The van der Waals surface area contributed by atoms with E-state index in [1.165, 1.54) is 17.3 Å². The molecule has 5 nitrogen and oxygen atoms in total. The van der Waals surface area contributed by atoms with Crippen molar-refractivity contribution < 1.29 is 9.59 Å². The molecule has 0 fully saturated rings. The van der Waals surface area contributed by atoms with Crippen LogP contribution in [0, 0.1) is 0 Å². The van der Waals surface area contributed by atoms with Crippen molar-refractivity contribution in [2.45, 2.75) is 33.4 Å². The monoisotopic (exact) mass is 337 g/mol. The van der Waals surface area contributed by atoms with E-state index in [2.05, 4.69) is 48.3 Å². The lowest BCUT2D eigenvalue weighted by Gasteiger charge is -2.18. The van der Waals surface area contributed by atoms with Gasteiger partial charge in [0.15, 0.2) is 0 Å². The van der Waals surface area contributed by atoms with E-state index in [9.17, 15) is 9.59 Å². The fourth-order valence-corrected chi connectivity index (χ4v) is 2.77. The third-order valence-electron chi connectivity index (χ3n) is 3.53. The number of nitrogens with zero attached hydrogens (tertiary/aromatic N) is 1. The zero-order valence-electron chi connectivity index (χ0n) is 14.0. The first-order valence-corrected chi connectivity index (χ1v) is 9.13. The number of benzene rings is 1. The molecule has 0 aliphatic carbocycles. The van der Waals surface area contributed by atoms with E-state index in [1.54, 1.807) is 0 Å². The molecule has 0 spiro atoms. The highest BCUT2D eigenvalue weighted by atomic mass is 32.2. The molecule has 0 saturated heterocycles. The molecule has 1 aromatic carbocycles. The number of hydrogen-bond donors (Lipinski definition) is 2. The number of carbonyl (C=O) groups excluding carboxylic acids is 2. The van der Waals surface area contributed by atoms with E-state index >= 15 is 0 Å². The first kappa shape index (κ1) is 19.5. The molecule has 0 aromatic heterocycles. The Morgan fingerprint density at radius 3 is 2.30 bits per heavy atom. The van der Waals surface area contributed by atoms with Gasteiger partial charge in [-0.15, -0.1) is 0 Å². The molecule has 2 amide bonds. The van der Waals surface area contributed by atoms with Crippen molar-refractivity contribution in [2.24, 2.45) is 5.73 Å². The smallest absolute Gasteiger partial charge is 0.227 e. The van der Waals surface area contributed by atoms with Crippen molar-refractivity contribution in [2.75, 3.05) is 24.6 Å². The van der Waals surface area contributed by atoms with Gasteiger partial charge in [-0.3, -0.25) is 14.5 Å². The van der Waals surface area contributed by atoms with Gasteiger partial charge in [-0.05, 0) is 24.2 Å². The highest BCUT2D eigenvalue weighted by Gasteiger charge is 2.04. The minimum absolute atomic E-state index is 0.00538. The van der Waals surface area contributed by atoms with Crippen molar-refractivity contribution in [3.8, 4) is 0 Å². The van der Waals surface area contributed by atoms with Crippen molar-refractivity contribution in [3.05, 3.63) is 35.4 Å². The minimum Gasteiger partial charge on any atom is -0.369 e. The molecular weight excluding hydrogens is 310 g/mol. The van der Waals surface area contributed by atoms with Crippen LogP contribution in [0.2, 0.25) is 0 Å². The molecular formula is C17H27N3O2S. The second kappa shape index (κ2) is 11.1. The normalized spacial score (nSPS) is 10.7. The summed E-state index contributed by atoms with van der Waals surface area (Å²) in [5, 5.41) is 2.89. The van der Waals surface area contributed by atoms with Crippen LogP contribution < -0.4 is 11.1 Å². The Morgan fingerprint density at radius 2 is 1.74 bits per heavy atom. The van der Waals surface area contributed by atoms with Crippen LogP contribution in [0.15, 0.2) is 24.3 Å². The Balaban J connectivity index is 2.29. The molecule has 0 atom stereocenters. The number of hydrogen-bond acceptors (Lipinski definition) is 4. The van der Waals surface area contributed by atoms with Gasteiger partial charge < -0.3 is 11.1 Å². The average molecular weight is 337 g/mol. The number of rotatable bonds is 11. The van der Waals surface area contributed by atoms with Gasteiger partial charge in [0.05, 0.1) is 5.75 Å². The Hall–Kier alpha value is -1.53. The van der Waals surface area contributed by atoms with Gasteiger partial charge in [0, 0.05) is 25.3 Å². The van der Waals surface area contributed by atoms with Crippen LogP contribution in [0.4, 0.5) is 0 Å². The zero-order valence-corrected chi connectivity index (χ0v) is 14.8. The third-order valence-corrected chi connectivity index (χ3v) is 4.51. The summed E-state index contributed by atoms with van der Waals surface area (Å²) >= 11 is 1.38. The summed E-state index contributed by atoms with van der Waals surface area (Å²) in [5.41, 5.74) is 7.41. The number of nitrogens with one attached hydrogen (secondary N) is 1. The molecule has 0 radical (unpaired) electrons. The lowest BCUT2D eigenvalue weighted by atomic mass is 10.1. The molecule has 128 valence electrons. The van der Waals surface area contributed by atoms with Gasteiger partial charge in [-0.25, -0.2) is 0 Å². The highest BCUT2D eigenvalue weighted by Crippen LogP contribution is 2.08. The van der Waals surface area contributed by atoms with Crippen LogP contribution >= 0.6 is 11.8 Å². The van der Waals surface area contributed by atoms with Crippen LogP contribution in [0.3, 0.4) is 0 Å². The highest BCUT2D eigenvalue weighted by molar-refractivity contribution is 7.99. The number of thioether (sulfide) groups is 1. The Labute approximate surface area is 143 Å². The van der Waals surface area contributed by atoms with Gasteiger partial charge in [-0.2, -0.15) is 11.8 Å². The number of amides is 2. The van der Waals surface area contributed by atoms with Crippen LogP contribution in [0.5, 0.6) is 0 Å². The largest absolute Gasteiger partial charge is 0.369 e. The summed E-state index contributed by atoms with van der Waals surface area (Å²) in [4.78, 5) is 24.7. The molecule has 0 aliphatic heterocycles. The zero-order chi connectivity index (χ0) is 17.1. The second-order valence-corrected chi connectivity index (χ2v) is 6.43. The van der Waals surface area contributed by atoms with Crippen molar-refractivity contribution >= 4 is 23.6 Å². The lowest BCUT2D eigenvalue weighted by Crippen LogP contribution is -2.23. The molecule has 1 aromatic rings. The summed E-state index contributed by atoms with van der Waals surface area (Å²) in [6, 6.07) is 8.34. The molecule has 0 aliphatic rings. The van der Waals surface area contributed by atoms with Crippen LogP contribution in [-0.4, -0.2) is 41.3 Å². The Bertz CT molecular complexity index is 487.